The Bertz CT molecular complexity index is 950. The lowest BCUT2D eigenvalue weighted by molar-refractivity contribution is -0.131. The fourth-order valence-electron chi connectivity index (χ4n) is 3.13. The highest BCUT2D eigenvalue weighted by Gasteiger charge is 2.16. The van der Waals surface area contributed by atoms with E-state index in [9.17, 15) is 9.59 Å². The van der Waals surface area contributed by atoms with E-state index in [-0.39, 0.29) is 18.4 Å². The summed E-state index contributed by atoms with van der Waals surface area (Å²) in [6.07, 6.45) is 1.28. The number of benzene rings is 2. The Kier molecular flexibility index (Phi) is 6.42. The summed E-state index contributed by atoms with van der Waals surface area (Å²) < 4.78 is 1.89. The molecule has 2 aromatic carbocycles. The average molecular weight is 378 g/mol. The number of amides is 2. The molecule has 6 nitrogen and oxygen atoms in total. The summed E-state index contributed by atoms with van der Waals surface area (Å²) in [5.41, 5.74) is 2.80. The van der Waals surface area contributed by atoms with Crippen molar-refractivity contribution in [1.82, 2.24) is 19.8 Å². The molecule has 146 valence electrons. The van der Waals surface area contributed by atoms with E-state index in [1.54, 1.807) is 11.9 Å². The maximum absolute atomic E-state index is 12.8. The number of nitrogens with zero attached hydrogens (tertiary/aromatic N) is 3. The van der Waals surface area contributed by atoms with E-state index in [1.165, 1.54) is 0 Å². The Morgan fingerprint density at radius 3 is 2.54 bits per heavy atom. The molecule has 0 aliphatic rings. The van der Waals surface area contributed by atoms with Crippen LogP contribution in [0.3, 0.4) is 0 Å². The van der Waals surface area contributed by atoms with Crippen molar-refractivity contribution >= 4 is 22.8 Å². The van der Waals surface area contributed by atoms with Crippen LogP contribution in [0.5, 0.6) is 0 Å². The molecule has 3 rings (SSSR count). The number of hydrogen-bond acceptors (Lipinski definition) is 3. The highest BCUT2D eigenvalue weighted by atomic mass is 16.2. The number of imidazole rings is 1. The Labute approximate surface area is 165 Å². The molecular weight excluding hydrogens is 352 g/mol. The van der Waals surface area contributed by atoms with Gasteiger partial charge in [0, 0.05) is 20.0 Å². The lowest BCUT2D eigenvalue weighted by Gasteiger charge is -2.19. The van der Waals surface area contributed by atoms with E-state index < -0.39 is 0 Å². The van der Waals surface area contributed by atoms with Crippen LogP contribution in [0.4, 0.5) is 0 Å². The molecule has 0 aliphatic heterocycles. The van der Waals surface area contributed by atoms with Crippen LogP contribution in [0.2, 0.25) is 0 Å². The maximum atomic E-state index is 12.8. The Hall–Kier alpha value is -3.15. The number of likely N-dealkylation sites (N-methyl/N-ethyl adjacent to an activating group) is 1. The van der Waals surface area contributed by atoms with Gasteiger partial charge in [-0.15, -0.1) is 0 Å². The normalized spacial score (nSPS) is 10.8. The van der Waals surface area contributed by atoms with Crippen molar-refractivity contribution in [2.45, 2.75) is 39.4 Å². The average Bonchev–Trinajstić information content (AvgIpc) is 3.05. The lowest BCUT2D eigenvalue weighted by Crippen LogP contribution is -2.31. The summed E-state index contributed by atoms with van der Waals surface area (Å²) in [7, 11) is 1.80. The second-order valence-corrected chi connectivity index (χ2v) is 6.87. The van der Waals surface area contributed by atoms with Crippen molar-refractivity contribution < 1.29 is 9.59 Å². The summed E-state index contributed by atoms with van der Waals surface area (Å²) in [6.45, 7) is 3.01. The molecule has 0 bridgehead atoms. The highest BCUT2D eigenvalue weighted by molar-refractivity contribution is 5.81. The van der Waals surface area contributed by atoms with Gasteiger partial charge in [0.05, 0.1) is 17.6 Å². The molecule has 0 saturated heterocycles. The number of para-hydroxylation sites is 2. The van der Waals surface area contributed by atoms with Gasteiger partial charge in [-0.2, -0.15) is 0 Å². The van der Waals surface area contributed by atoms with Crippen LogP contribution >= 0.6 is 0 Å². The van der Waals surface area contributed by atoms with Crippen molar-refractivity contribution in [2.24, 2.45) is 0 Å². The molecule has 0 radical (unpaired) electrons. The van der Waals surface area contributed by atoms with E-state index in [2.05, 4.69) is 10.3 Å². The van der Waals surface area contributed by atoms with Gasteiger partial charge in [-0.1, -0.05) is 49.4 Å². The molecule has 3 aromatic rings. The van der Waals surface area contributed by atoms with E-state index in [1.807, 2.05) is 66.1 Å². The van der Waals surface area contributed by atoms with Gasteiger partial charge < -0.3 is 14.8 Å². The molecule has 2 amide bonds. The van der Waals surface area contributed by atoms with E-state index in [0.29, 0.717) is 25.3 Å². The number of carbonyl (C=O) groups is 2. The van der Waals surface area contributed by atoms with Crippen LogP contribution < -0.4 is 5.32 Å². The fourth-order valence-corrected chi connectivity index (χ4v) is 3.13. The molecule has 0 spiro atoms. The van der Waals surface area contributed by atoms with E-state index >= 15 is 0 Å². The quantitative estimate of drug-likeness (QED) is 0.655. The van der Waals surface area contributed by atoms with Gasteiger partial charge in [-0.05, 0) is 24.1 Å². The predicted octanol–water partition coefficient (Wildman–Crippen LogP) is 3.11. The first kappa shape index (κ1) is 19.6. The Morgan fingerprint density at radius 2 is 1.79 bits per heavy atom. The van der Waals surface area contributed by atoms with Crippen LogP contribution in [-0.4, -0.2) is 33.3 Å². The fraction of sp³-hybridized carbons (Fsp3) is 0.318. The number of rotatable bonds is 8. The molecule has 0 saturated carbocycles. The number of aromatic nitrogens is 2. The Balaban J connectivity index is 1.77. The van der Waals surface area contributed by atoms with Crippen molar-refractivity contribution in [3.05, 3.63) is 66.0 Å². The SMILES string of the molecule is CCCC(=O)NCc1nc2ccccc2n1CC(=O)N(C)Cc1ccccc1. The minimum atomic E-state index is -0.00635. The van der Waals surface area contributed by atoms with Crippen molar-refractivity contribution in [3.8, 4) is 0 Å². The van der Waals surface area contributed by atoms with Gasteiger partial charge in [0.25, 0.3) is 0 Å². The third-order valence-electron chi connectivity index (χ3n) is 4.64. The zero-order valence-electron chi connectivity index (χ0n) is 16.4. The first-order valence-electron chi connectivity index (χ1n) is 9.57. The summed E-state index contributed by atoms with van der Waals surface area (Å²) in [5, 5.41) is 2.90. The summed E-state index contributed by atoms with van der Waals surface area (Å²) in [5.74, 6) is 0.675. The zero-order valence-corrected chi connectivity index (χ0v) is 16.4. The second kappa shape index (κ2) is 9.17. The van der Waals surface area contributed by atoms with Crippen LogP contribution in [0, 0.1) is 0 Å². The van der Waals surface area contributed by atoms with Gasteiger partial charge in [-0.25, -0.2) is 4.98 Å². The molecule has 0 atom stereocenters. The molecule has 0 aliphatic carbocycles. The largest absolute Gasteiger partial charge is 0.349 e. The van der Waals surface area contributed by atoms with Crippen LogP contribution in [-0.2, 0) is 29.2 Å². The van der Waals surface area contributed by atoms with Crippen molar-refractivity contribution in [1.29, 1.82) is 0 Å². The second-order valence-electron chi connectivity index (χ2n) is 6.87. The molecular formula is C22H26N4O2. The molecule has 28 heavy (non-hydrogen) atoms. The van der Waals surface area contributed by atoms with Gasteiger partial charge in [0.15, 0.2) is 0 Å². The van der Waals surface area contributed by atoms with Gasteiger partial charge in [0.1, 0.15) is 12.4 Å². The minimum absolute atomic E-state index is 0.00590. The maximum Gasteiger partial charge on any atom is 0.242 e. The monoisotopic (exact) mass is 378 g/mol. The summed E-state index contributed by atoms with van der Waals surface area (Å²) >= 11 is 0. The number of carbonyl (C=O) groups excluding carboxylic acids is 2. The summed E-state index contributed by atoms with van der Waals surface area (Å²) in [6, 6.07) is 17.6. The topological polar surface area (TPSA) is 67.2 Å². The number of fused-ring (bicyclic) bond motifs is 1. The molecule has 0 fully saturated rings. The standard InChI is InChI=1S/C22H26N4O2/c1-3-9-21(27)23-14-20-24-18-12-7-8-13-19(18)26(20)16-22(28)25(2)15-17-10-5-4-6-11-17/h4-8,10-13H,3,9,14-16H2,1-2H3,(H,23,27). The molecule has 1 heterocycles. The van der Waals surface area contributed by atoms with Crippen LogP contribution in [0.1, 0.15) is 31.2 Å². The minimum Gasteiger partial charge on any atom is -0.349 e. The first-order chi connectivity index (χ1) is 13.6. The number of hydrogen-bond donors (Lipinski definition) is 1. The lowest BCUT2D eigenvalue weighted by atomic mass is 10.2. The third-order valence-corrected chi connectivity index (χ3v) is 4.64. The predicted molar refractivity (Wildman–Crippen MR) is 109 cm³/mol. The molecule has 1 aromatic heterocycles. The van der Waals surface area contributed by atoms with Crippen LogP contribution in [0.25, 0.3) is 11.0 Å². The van der Waals surface area contributed by atoms with Gasteiger partial charge in [-0.3, -0.25) is 9.59 Å². The molecule has 0 unspecified atom stereocenters. The van der Waals surface area contributed by atoms with E-state index in [4.69, 9.17) is 0 Å². The molecule has 1 N–H and O–H groups in total. The smallest absolute Gasteiger partial charge is 0.242 e. The van der Waals surface area contributed by atoms with E-state index in [0.717, 1.165) is 23.0 Å². The van der Waals surface area contributed by atoms with Crippen molar-refractivity contribution in [2.75, 3.05) is 7.05 Å². The highest BCUT2D eigenvalue weighted by Crippen LogP contribution is 2.17. The van der Waals surface area contributed by atoms with Gasteiger partial charge >= 0.3 is 0 Å². The third kappa shape index (κ3) is 4.76. The first-order valence-corrected chi connectivity index (χ1v) is 9.57. The Morgan fingerprint density at radius 1 is 1.07 bits per heavy atom. The zero-order chi connectivity index (χ0) is 19.9. The van der Waals surface area contributed by atoms with Gasteiger partial charge in [0.2, 0.25) is 11.8 Å². The number of nitrogens with one attached hydrogen (secondary N) is 1. The summed E-state index contributed by atoms with van der Waals surface area (Å²) in [4.78, 5) is 31.0. The molecule has 6 heteroatoms. The van der Waals surface area contributed by atoms with Crippen LogP contribution in [0.15, 0.2) is 54.6 Å². The van der Waals surface area contributed by atoms with Crippen molar-refractivity contribution in [3.63, 3.8) is 0 Å².